The van der Waals surface area contributed by atoms with Crippen molar-refractivity contribution in [1.82, 2.24) is 4.90 Å². The summed E-state index contributed by atoms with van der Waals surface area (Å²) in [6.45, 7) is 2.52. The van der Waals surface area contributed by atoms with Crippen LogP contribution >= 0.6 is 0 Å². The van der Waals surface area contributed by atoms with Gasteiger partial charge in [0.2, 0.25) is 0 Å². The molecule has 0 radical (unpaired) electrons. The third-order valence-electron chi connectivity index (χ3n) is 4.22. The van der Waals surface area contributed by atoms with E-state index in [9.17, 15) is 15.0 Å². The van der Waals surface area contributed by atoms with Crippen molar-refractivity contribution in [1.29, 1.82) is 0 Å². The zero-order valence-electron chi connectivity index (χ0n) is 13.5. The second kappa shape index (κ2) is 6.70. The number of anilines is 1. The number of aromatic hydroxyl groups is 2. The molecule has 0 aromatic heterocycles. The van der Waals surface area contributed by atoms with E-state index in [0.29, 0.717) is 31.9 Å². The molecule has 0 unspecified atom stereocenters. The molecular weight excluding hydrogens is 308 g/mol. The minimum absolute atomic E-state index is 0.0400. The highest BCUT2D eigenvalue weighted by atomic mass is 16.5. The number of piperazine rings is 1. The van der Waals surface area contributed by atoms with Crippen molar-refractivity contribution >= 4 is 11.6 Å². The number of ether oxygens (including phenoxy) is 1. The van der Waals surface area contributed by atoms with E-state index in [1.165, 1.54) is 13.2 Å². The number of benzene rings is 2. The summed E-state index contributed by atoms with van der Waals surface area (Å²) < 4.78 is 5.12. The van der Waals surface area contributed by atoms with Crippen LogP contribution in [0.15, 0.2) is 42.5 Å². The Bertz CT molecular complexity index is 722. The molecule has 0 aliphatic carbocycles. The van der Waals surface area contributed by atoms with Gasteiger partial charge in [-0.2, -0.15) is 0 Å². The van der Waals surface area contributed by atoms with Gasteiger partial charge in [0.15, 0.2) is 0 Å². The van der Waals surface area contributed by atoms with Crippen molar-refractivity contribution in [3.8, 4) is 17.2 Å². The van der Waals surface area contributed by atoms with Gasteiger partial charge in [0.25, 0.3) is 5.91 Å². The van der Waals surface area contributed by atoms with Gasteiger partial charge < -0.3 is 24.7 Å². The largest absolute Gasteiger partial charge is 0.508 e. The number of phenols is 2. The molecule has 2 aromatic carbocycles. The van der Waals surface area contributed by atoms with E-state index in [2.05, 4.69) is 4.90 Å². The lowest BCUT2D eigenvalue weighted by molar-refractivity contribution is 0.0743. The molecule has 1 heterocycles. The van der Waals surface area contributed by atoms with Crippen molar-refractivity contribution in [2.75, 3.05) is 38.2 Å². The lowest BCUT2D eigenvalue weighted by atomic mass is 10.1. The van der Waals surface area contributed by atoms with Gasteiger partial charge in [-0.25, -0.2) is 0 Å². The first kappa shape index (κ1) is 16.0. The zero-order valence-corrected chi connectivity index (χ0v) is 13.5. The van der Waals surface area contributed by atoms with Crippen LogP contribution in [0.3, 0.4) is 0 Å². The molecular formula is C18H20N2O4. The van der Waals surface area contributed by atoms with Gasteiger partial charge in [0, 0.05) is 31.9 Å². The maximum atomic E-state index is 12.6. The molecule has 0 spiro atoms. The van der Waals surface area contributed by atoms with E-state index in [0.717, 1.165) is 5.69 Å². The van der Waals surface area contributed by atoms with E-state index >= 15 is 0 Å². The fourth-order valence-electron chi connectivity index (χ4n) is 2.81. The standard InChI is InChI=1S/C18H20N2O4/c1-24-15-6-7-17(22)16(12-15)18(23)20-10-8-19(9-11-20)13-2-4-14(21)5-3-13/h2-7,12,21-22H,8-11H2,1H3. The fraction of sp³-hybridized carbons (Fsp3) is 0.278. The number of carbonyl (C=O) groups excluding carboxylic acids is 1. The summed E-state index contributed by atoms with van der Waals surface area (Å²) in [5.41, 5.74) is 1.27. The molecule has 0 saturated carbocycles. The minimum atomic E-state index is -0.197. The number of phenolic OH excluding ortho intramolecular Hbond substituents is 2. The Balaban J connectivity index is 1.68. The maximum Gasteiger partial charge on any atom is 0.257 e. The van der Waals surface area contributed by atoms with Crippen LogP contribution in [0.25, 0.3) is 0 Å². The van der Waals surface area contributed by atoms with E-state index in [1.54, 1.807) is 29.2 Å². The van der Waals surface area contributed by atoms with Gasteiger partial charge in [0.1, 0.15) is 17.2 Å². The highest BCUT2D eigenvalue weighted by Crippen LogP contribution is 2.25. The average Bonchev–Trinajstić information content (AvgIpc) is 2.62. The highest BCUT2D eigenvalue weighted by molar-refractivity contribution is 5.97. The van der Waals surface area contributed by atoms with E-state index in [4.69, 9.17) is 4.74 Å². The fourth-order valence-corrected chi connectivity index (χ4v) is 2.81. The van der Waals surface area contributed by atoms with Crippen LogP contribution in [-0.2, 0) is 0 Å². The molecule has 0 bridgehead atoms. The van der Waals surface area contributed by atoms with Gasteiger partial charge in [0.05, 0.1) is 12.7 Å². The summed E-state index contributed by atoms with van der Waals surface area (Å²) in [5.74, 6) is 0.540. The molecule has 0 atom stereocenters. The SMILES string of the molecule is COc1ccc(O)c(C(=O)N2CCN(c3ccc(O)cc3)CC2)c1. The lowest BCUT2D eigenvalue weighted by Gasteiger charge is -2.36. The van der Waals surface area contributed by atoms with Crippen LogP contribution in [0, 0.1) is 0 Å². The van der Waals surface area contributed by atoms with Crippen LogP contribution in [0.1, 0.15) is 10.4 Å². The van der Waals surface area contributed by atoms with Crippen molar-refractivity contribution < 1.29 is 19.7 Å². The van der Waals surface area contributed by atoms with Gasteiger partial charge >= 0.3 is 0 Å². The molecule has 3 rings (SSSR count). The summed E-state index contributed by atoms with van der Waals surface area (Å²) in [5, 5.41) is 19.3. The predicted molar refractivity (Wildman–Crippen MR) is 90.9 cm³/mol. The number of methoxy groups -OCH3 is 1. The maximum absolute atomic E-state index is 12.6. The predicted octanol–water partition coefficient (Wildman–Crippen LogP) is 2.07. The zero-order chi connectivity index (χ0) is 17.1. The smallest absolute Gasteiger partial charge is 0.257 e. The summed E-state index contributed by atoms with van der Waals surface area (Å²) in [7, 11) is 1.52. The number of hydrogen-bond donors (Lipinski definition) is 2. The monoisotopic (exact) mass is 328 g/mol. The Labute approximate surface area is 140 Å². The van der Waals surface area contributed by atoms with Crippen LogP contribution in [0.5, 0.6) is 17.2 Å². The molecule has 1 aliphatic heterocycles. The third kappa shape index (κ3) is 3.22. The van der Waals surface area contributed by atoms with Crippen molar-refractivity contribution in [2.45, 2.75) is 0 Å². The summed E-state index contributed by atoms with van der Waals surface area (Å²) >= 11 is 0. The van der Waals surface area contributed by atoms with Crippen molar-refractivity contribution in [3.63, 3.8) is 0 Å². The van der Waals surface area contributed by atoms with E-state index < -0.39 is 0 Å². The summed E-state index contributed by atoms with van der Waals surface area (Å²) in [6, 6.07) is 11.7. The Morgan fingerprint density at radius 3 is 2.29 bits per heavy atom. The number of amides is 1. The average molecular weight is 328 g/mol. The molecule has 2 aromatic rings. The molecule has 6 nitrogen and oxygen atoms in total. The molecule has 2 N–H and O–H groups in total. The first-order chi connectivity index (χ1) is 11.6. The second-order valence-corrected chi connectivity index (χ2v) is 5.68. The molecule has 6 heteroatoms. The van der Waals surface area contributed by atoms with Gasteiger partial charge in [-0.05, 0) is 42.5 Å². The molecule has 1 fully saturated rings. The van der Waals surface area contributed by atoms with E-state index in [-0.39, 0.29) is 23.0 Å². The quantitative estimate of drug-likeness (QED) is 0.902. The van der Waals surface area contributed by atoms with Gasteiger partial charge in [-0.15, -0.1) is 0 Å². The minimum Gasteiger partial charge on any atom is -0.508 e. The Kier molecular flexibility index (Phi) is 4.46. The lowest BCUT2D eigenvalue weighted by Crippen LogP contribution is -2.48. The first-order valence-electron chi connectivity index (χ1n) is 7.79. The Hall–Kier alpha value is -2.89. The normalized spacial score (nSPS) is 14.5. The molecule has 24 heavy (non-hydrogen) atoms. The van der Waals surface area contributed by atoms with Crippen molar-refractivity contribution in [2.24, 2.45) is 0 Å². The third-order valence-corrected chi connectivity index (χ3v) is 4.22. The molecule has 1 amide bonds. The molecule has 1 saturated heterocycles. The van der Waals surface area contributed by atoms with Crippen LogP contribution in [-0.4, -0.2) is 54.3 Å². The summed E-state index contributed by atoms with van der Waals surface area (Å²) in [6.07, 6.45) is 0. The highest BCUT2D eigenvalue weighted by Gasteiger charge is 2.24. The number of carbonyl (C=O) groups is 1. The number of nitrogens with zero attached hydrogens (tertiary/aromatic N) is 2. The van der Waals surface area contributed by atoms with Crippen molar-refractivity contribution in [3.05, 3.63) is 48.0 Å². The summed E-state index contributed by atoms with van der Waals surface area (Å²) in [4.78, 5) is 16.5. The Morgan fingerprint density at radius 1 is 1.00 bits per heavy atom. The number of rotatable bonds is 3. The number of hydrogen-bond acceptors (Lipinski definition) is 5. The van der Waals surface area contributed by atoms with Crippen LogP contribution in [0.2, 0.25) is 0 Å². The topological polar surface area (TPSA) is 73.2 Å². The molecule has 1 aliphatic rings. The molecule has 126 valence electrons. The van der Waals surface area contributed by atoms with Gasteiger partial charge in [-0.3, -0.25) is 4.79 Å². The Morgan fingerprint density at radius 2 is 1.67 bits per heavy atom. The van der Waals surface area contributed by atoms with Crippen LogP contribution < -0.4 is 9.64 Å². The van der Waals surface area contributed by atoms with Crippen LogP contribution in [0.4, 0.5) is 5.69 Å². The second-order valence-electron chi connectivity index (χ2n) is 5.68. The first-order valence-corrected chi connectivity index (χ1v) is 7.79. The van der Waals surface area contributed by atoms with Gasteiger partial charge in [-0.1, -0.05) is 0 Å². The van der Waals surface area contributed by atoms with E-state index in [1.807, 2.05) is 12.1 Å².